The van der Waals surface area contributed by atoms with Crippen LogP contribution in [0.15, 0.2) is 36.4 Å². The van der Waals surface area contributed by atoms with Crippen molar-refractivity contribution in [1.29, 1.82) is 0 Å². The molecule has 4 atom stereocenters. The molecular weight excluding hydrogens is 781 g/mol. The van der Waals surface area contributed by atoms with Gasteiger partial charge in [0.1, 0.15) is 23.1 Å². The Hall–Kier alpha value is -5.74. The second-order valence-corrected chi connectivity index (χ2v) is 15.1. The molecule has 332 valence electrons. The van der Waals surface area contributed by atoms with E-state index in [1.54, 1.807) is 24.3 Å². The smallest absolute Gasteiger partial charge is 0.314 e. The number of esters is 2. The van der Waals surface area contributed by atoms with Crippen molar-refractivity contribution < 1.29 is 38.7 Å². The number of unbranched alkanes of at least 4 members (excludes halogenated alkanes) is 2. The fourth-order valence-corrected chi connectivity index (χ4v) is 7.60. The second-order valence-electron chi connectivity index (χ2n) is 15.1. The van der Waals surface area contributed by atoms with Gasteiger partial charge in [-0.2, -0.15) is 9.97 Å². The third-order valence-corrected chi connectivity index (χ3v) is 11.0. The van der Waals surface area contributed by atoms with E-state index in [-0.39, 0.29) is 37.2 Å². The standard InChI is InChI=1S/C45H64N8O8/c1-9-11-13-32(19-20-54)50-40-34(26(3)48-44(46)52-40)21-28-15-17-30(23-36(28)58-5)38(42(56)60-7)39(43(57)61-8)31-18-16-29(37(24-31)59-6)22-35-27(4)49-45(47)53-41(35)51-33(25-55)14-12-10-2/h15-18,23-24,32-33,38-39,54-55H,9-14,19-22,25H2,1-8H3,(H3,46,48,50,52)(H3,47,49,51,53). The van der Waals surface area contributed by atoms with Crippen molar-refractivity contribution in [2.24, 2.45) is 0 Å². The summed E-state index contributed by atoms with van der Waals surface area (Å²) in [5, 5.41) is 26.7. The van der Waals surface area contributed by atoms with Gasteiger partial charge >= 0.3 is 11.9 Å². The first-order valence-electron chi connectivity index (χ1n) is 20.9. The Morgan fingerprint density at radius 2 is 1.08 bits per heavy atom. The molecule has 2 heterocycles. The van der Waals surface area contributed by atoms with Gasteiger partial charge in [-0.1, -0.05) is 63.8 Å². The minimum atomic E-state index is -1.14. The Kier molecular flexibility index (Phi) is 18.3. The van der Waals surface area contributed by atoms with Gasteiger partial charge in [0.25, 0.3) is 0 Å². The van der Waals surface area contributed by atoms with Crippen molar-refractivity contribution in [3.63, 3.8) is 0 Å². The topological polar surface area (TPSA) is 239 Å². The largest absolute Gasteiger partial charge is 0.496 e. The zero-order chi connectivity index (χ0) is 44.6. The summed E-state index contributed by atoms with van der Waals surface area (Å²) in [5.74, 6) is -1.34. The van der Waals surface area contributed by atoms with E-state index >= 15 is 0 Å². The zero-order valence-corrected chi connectivity index (χ0v) is 36.8. The van der Waals surface area contributed by atoms with Gasteiger partial charge in [0.2, 0.25) is 11.9 Å². The Morgan fingerprint density at radius 3 is 1.46 bits per heavy atom. The summed E-state index contributed by atoms with van der Waals surface area (Å²) in [6.07, 6.45) is 6.74. The number of rotatable bonds is 24. The van der Waals surface area contributed by atoms with Crippen LogP contribution in [0.4, 0.5) is 23.5 Å². The van der Waals surface area contributed by atoms with E-state index in [4.69, 9.17) is 30.4 Å². The molecule has 0 saturated heterocycles. The zero-order valence-electron chi connectivity index (χ0n) is 36.8. The van der Waals surface area contributed by atoms with Crippen LogP contribution < -0.4 is 31.6 Å². The van der Waals surface area contributed by atoms with Gasteiger partial charge in [0.05, 0.1) is 52.9 Å². The van der Waals surface area contributed by atoms with Gasteiger partial charge in [-0.3, -0.25) is 9.59 Å². The molecule has 0 aliphatic rings. The number of nitrogen functional groups attached to an aromatic ring is 2. The highest BCUT2D eigenvalue weighted by Crippen LogP contribution is 2.40. The minimum Gasteiger partial charge on any atom is -0.496 e. The molecule has 16 heteroatoms. The van der Waals surface area contributed by atoms with Crippen molar-refractivity contribution in [3.05, 3.63) is 81.2 Å². The van der Waals surface area contributed by atoms with Crippen molar-refractivity contribution in [2.45, 2.75) is 109 Å². The molecule has 16 nitrogen and oxygen atoms in total. The highest BCUT2D eigenvalue weighted by Gasteiger charge is 2.39. The van der Waals surface area contributed by atoms with E-state index in [0.29, 0.717) is 64.9 Å². The van der Waals surface area contributed by atoms with E-state index in [1.165, 1.54) is 28.4 Å². The summed E-state index contributed by atoms with van der Waals surface area (Å²) in [7, 11) is 5.61. The van der Waals surface area contributed by atoms with Gasteiger partial charge in [-0.05, 0) is 67.5 Å². The lowest BCUT2D eigenvalue weighted by molar-refractivity contribution is -0.150. The summed E-state index contributed by atoms with van der Waals surface area (Å²) in [5.41, 5.74) is 17.5. The van der Waals surface area contributed by atoms with Gasteiger partial charge in [0, 0.05) is 48.0 Å². The molecule has 2 aromatic carbocycles. The fraction of sp³-hybridized carbons (Fsp3) is 0.511. The molecule has 0 radical (unpaired) electrons. The number of aryl methyl sites for hydroxylation is 2. The third-order valence-electron chi connectivity index (χ3n) is 11.0. The van der Waals surface area contributed by atoms with Gasteiger partial charge in [-0.25, -0.2) is 9.97 Å². The highest BCUT2D eigenvalue weighted by molar-refractivity contribution is 5.90. The summed E-state index contributed by atoms with van der Waals surface area (Å²) in [4.78, 5) is 45.5. The lowest BCUT2D eigenvalue weighted by Gasteiger charge is -2.26. The predicted octanol–water partition coefficient (Wildman–Crippen LogP) is 5.78. The quantitative estimate of drug-likeness (QED) is 0.0459. The number of aliphatic hydroxyl groups excluding tert-OH is 2. The number of hydrogen-bond acceptors (Lipinski definition) is 16. The Balaban J connectivity index is 1.75. The number of aromatic nitrogens is 4. The predicted molar refractivity (Wildman–Crippen MR) is 236 cm³/mol. The number of nitrogens with two attached hydrogens (primary N) is 2. The van der Waals surface area contributed by atoms with Crippen LogP contribution in [0.2, 0.25) is 0 Å². The lowest BCUT2D eigenvalue weighted by Crippen LogP contribution is -2.28. The number of nitrogens with one attached hydrogen (secondary N) is 2. The first-order chi connectivity index (χ1) is 29.4. The summed E-state index contributed by atoms with van der Waals surface area (Å²) in [6.45, 7) is 7.87. The van der Waals surface area contributed by atoms with Crippen LogP contribution in [0, 0.1) is 13.8 Å². The van der Waals surface area contributed by atoms with E-state index in [9.17, 15) is 19.8 Å². The van der Waals surface area contributed by atoms with E-state index < -0.39 is 23.8 Å². The van der Waals surface area contributed by atoms with E-state index in [1.807, 2.05) is 26.0 Å². The molecular formula is C45H64N8O8. The van der Waals surface area contributed by atoms with Crippen molar-refractivity contribution in [3.8, 4) is 11.5 Å². The maximum atomic E-state index is 13.8. The normalized spacial score (nSPS) is 13.1. The highest BCUT2D eigenvalue weighted by atomic mass is 16.5. The second kappa shape index (κ2) is 23.3. The number of carbonyl (C=O) groups is 2. The molecule has 4 unspecified atom stereocenters. The number of methoxy groups -OCH3 is 4. The average molecular weight is 845 g/mol. The van der Waals surface area contributed by atoms with Crippen molar-refractivity contribution in [1.82, 2.24) is 19.9 Å². The van der Waals surface area contributed by atoms with E-state index in [2.05, 4.69) is 44.4 Å². The lowest BCUT2D eigenvalue weighted by atomic mass is 9.80. The summed E-state index contributed by atoms with van der Waals surface area (Å²) < 4.78 is 22.5. The van der Waals surface area contributed by atoms with E-state index in [0.717, 1.165) is 60.8 Å². The van der Waals surface area contributed by atoms with Crippen LogP contribution in [0.1, 0.15) is 115 Å². The molecule has 2 aromatic heterocycles. The van der Waals surface area contributed by atoms with Gasteiger partial charge < -0.3 is 51.3 Å². The SMILES string of the molecule is CCCCC(CO)Nc1nc(N)nc(C)c1Cc1ccc(C(C(=O)OC)C(C(=O)OC)c2ccc(Cc3c(C)nc(N)nc3NC(CCO)CCCC)c(OC)c2)cc1OC. The van der Waals surface area contributed by atoms with Crippen molar-refractivity contribution in [2.75, 3.05) is 63.8 Å². The van der Waals surface area contributed by atoms with Crippen LogP contribution in [0.5, 0.6) is 11.5 Å². The Labute approximate surface area is 359 Å². The summed E-state index contributed by atoms with van der Waals surface area (Å²) >= 11 is 0. The first kappa shape index (κ1) is 47.9. The van der Waals surface area contributed by atoms with Crippen LogP contribution in [-0.4, -0.2) is 95.8 Å². The van der Waals surface area contributed by atoms with Crippen LogP contribution in [0.25, 0.3) is 0 Å². The van der Waals surface area contributed by atoms with Crippen LogP contribution in [0.3, 0.4) is 0 Å². The maximum absolute atomic E-state index is 13.8. The maximum Gasteiger partial charge on any atom is 0.314 e. The van der Waals surface area contributed by atoms with Gasteiger partial charge in [-0.15, -0.1) is 0 Å². The first-order valence-corrected chi connectivity index (χ1v) is 20.9. The van der Waals surface area contributed by atoms with Crippen molar-refractivity contribution >= 4 is 35.5 Å². The molecule has 0 fully saturated rings. The number of benzene rings is 2. The Bertz CT molecular complexity index is 2080. The molecule has 0 amide bonds. The summed E-state index contributed by atoms with van der Waals surface area (Å²) in [6, 6.07) is 10.4. The number of anilines is 4. The van der Waals surface area contributed by atoms with Crippen LogP contribution >= 0.6 is 0 Å². The Morgan fingerprint density at radius 1 is 0.656 bits per heavy atom. The average Bonchev–Trinajstić information content (AvgIpc) is 3.25. The molecule has 0 spiro atoms. The minimum absolute atomic E-state index is 0.0179. The van der Waals surface area contributed by atoms with Crippen LogP contribution in [-0.2, 0) is 31.9 Å². The third kappa shape index (κ3) is 12.4. The van der Waals surface area contributed by atoms with Gasteiger partial charge in [0.15, 0.2) is 0 Å². The fourth-order valence-electron chi connectivity index (χ4n) is 7.60. The molecule has 0 saturated carbocycles. The molecule has 61 heavy (non-hydrogen) atoms. The molecule has 4 aromatic rings. The molecule has 4 rings (SSSR count). The molecule has 0 bridgehead atoms. The number of carbonyl (C=O) groups excluding carboxylic acids is 2. The molecule has 0 aliphatic carbocycles. The molecule has 8 N–H and O–H groups in total. The monoisotopic (exact) mass is 844 g/mol. The number of nitrogens with zero attached hydrogens (tertiary/aromatic N) is 4. The number of hydrogen-bond donors (Lipinski definition) is 6. The number of aliphatic hydroxyl groups is 2. The number of ether oxygens (including phenoxy) is 4. The molecule has 0 aliphatic heterocycles.